The normalized spacial score (nSPS) is 11.2. The lowest BCUT2D eigenvalue weighted by atomic mass is 10.1. The van der Waals surface area contributed by atoms with Crippen LogP contribution in [0.25, 0.3) is 0 Å². The predicted molar refractivity (Wildman–Crippen MR) is 148 cm³/mol. The molecule has 0 saturated heterocycles. The van der Waals surface area contributed by atoms with E-state index in [2.05, 4.69) is 11.1 Å². The third-order valence-electron chi connectivity index (χ3n) is 6.44. The summed E-state index contributed by atoms with van der Waals surface area (Å²) in [5, 5.41) is 0. The molecule has 40 heavy (non-hydrogen) atoms. The number of benzene rings is 3. The molecule has 5 nitrogen and oxygen atoms in total. The van der Waals surface area contributed by atoms with Gasteiger partial charge in [-0.1, -0.05) is 72.8 Å². The molecular weight excluding hydrogens is 515 g/mol. The number of nitrogens with zero attached hydrogens (tertiary/aromatic N) is 3. The van der Waals surface area contributed by atoms with Crippen molar-refractivity contribution >= 4 is 11.8 Å². The number of alkyl halides is 3. The van der Waals surface area contributed by atoms with Gasteiger partial charge in [-0.15, -0.1) is 6.58 Å². The van der Waals surface area contributed by atoms with Crippen LogP contribution in [0.3, 0.4) is 0 Å². The fourth-order valence-corrected chi connectivity index (χ4v) is 4.41. The van der Waals surface area contributed by atoms with Gasteiger partial charge in [-0.05, 0) is 41.5 Å². The zero-order valence-corrected chi connectivity index (χ0v) is 21.9. The first-order valence-corrected chi connectivity index (χ1v) is 12.8. The molecule has 0 N–H and O–H groups in total. The van der Waals surface area contributed by atoms with Crippen molar-refractivity contribution in [2.45, 2.75) is 25.8 Å². The molecule has 0 aliphatic rings. The van der Waals surface area contributed by atoms with Crippen LogP contribution in [0, 0.1) is 0 Å². The van der Waals surface area contributed by atoms with Crippen LogP contribution in [0.15, 0.2) is 116 Å². The summed E-state index contributed by atoms with van der Waals surface area (Å²) < 4.78 is 41.8. The van der Waals surface area contributed by atoms with Gasteiger partial charge < -0.3 is 14.4 Å². The van der Waals surface area contributed by atoms with Gasteiger partial charge in [0.05, 0.1) is 12.1 Å². The van der Waals surface area contributed by atoms with Crippen LogP contribution < -0.4 is 0 Å². The standard InChI is InChI=1S/C32H30F3N3O2/c1-2-18-37(31(40)27-15-9-16-28(20-27)32(33,34)35)24-30(39)38(22-26-13-7-4-8-14-26)23-29-17-10-19-36(29)21-25-11-5-3-6-12-25/h2-17,19-20H,1,18,21-24H2. The second-order valence-electron chi connectivity index (χ2n) is 9.40. The Labute approximate surface area is 231 Å². The minimum atomic E-state index is -4.59. The maximum absolute atomic E-state index is 13.7. The Morgan fingerprint density at radius 2 is 1.48 bits per heavy atom. The summed E-state index contributed by atoms with van der Waals surface area (Å²) in [7, 11) is 0. The first kappa shape index (κ1) is 28.4. The molecule has 0 aliphatic heterocycles. The lowest BCUT2D eigenvalue weighted by Gasteiger charge is -2.28. The van der Waals surface area contributed by atoms with Crippen LogP contribution in [0.5, 0.6) is 0 Å². The van der Waals surface area contributed by atoms with E-state index in [1.807, 2.05) is 79.0 Å². The molecule has 0 fully saturated rings. The molecule has 4 aromatic rings. The third kappa shape index (κ3) is 7.50. The molecule has 0 saturated carbocycles. The zero-order valence-electron chi connectivity index (χ0n) is 21.9. The van der Waals surface area contributed by atoms with Gasteiger partial charge >= 0.3 is 6.18 Å². The topological polar surface area (TPSA) is 45.6 Å². The number of aromatic nitrogens is 1. The smallest absolute Gasteiger partial charge is 0.345 e. The van der Waals surface area contributed by atoms with Crippen molar-refractivity contribution in [2.75, 3.05) is 13.1 Å². The van der Waals surface area contributed by atoms with Crippen molar-refractivity contribution in [1.29, 1.82) is 0 Å². The van der Waals surface area contributed by atoms with Crippen LogP contribution in [-0.2, 0) is 30.6 Å². The summed E-state index contributed by atoms with van der Waals surface area (Å²) in [5.74, 6) is -1.01. The summed E-state index contributed by atoms with van der Waals surface area (Å²) in [4.78, 5) is 29.8. The Bertz CT molecular complexity index is 1430. The van der Waals surface area contributed by atoms with Crippen molar-refractivity contribution < 1.29 is 22.8 Å². The molecule has 3 aromatic carbocycles. The first-order chi connectivity index (χ1) is 19.2. The highest BCUT2D eigenvalue weighted by atomic mass is 19.4. The highest BCUT2D eigenvalue weighted by molar-refractivity contribution is 5.96. The van der Waals surface area contributed by atoms with Gasteiger partial charge in [0.1, 0.15) is 6.54 Å². The second kappa shape index (κ2) is 13.0. The van der Waals surface area contributed by atoms with E-state index >= 15 is 0 Å². The van der Waals surface area contributed by atoms with Crippen LogP contribution in [0.2, 0.25) is 0 Å². The number of hydrogen-bond acceptors (Lipinski definition) is 2. The molecule has 1 aromatic heterocycles. The number of rotatable bonds is 11. The van der Waals surface area contributed by atoms with Gasteiger partial charge in [0.15, 0.2) is 0 Å². The van der Waals surface area contributed by atoms with E-state index in [0.29, 0.717) is 13.1 Å². The van der Waals surface area contributed by atoms with Crippen molar-refractivity contribution in [3.8, 4) is 0 Å². The molecule has 0 unspecified atom stereocenters. The molecule has 2 amide bonds. The quantitative estimate of drug-likeness (QED) is 0.205. The molecule has 1 heterocycles. The zero-order chi connectivity index (χ0) is 28.5. The fraction of sp³-hybridized carbons (Fsp3) is 0.188. The van der Waals surface area contributed by atoms with E-state index in [-0.39, 0.29) is 31.1 Å². The van der Waals surface area contributed by atoms with Gasteiger partial charge in [0.25, 0.3) is 5.91 Å². The monoisotopic (exact) mass is 545 g/mol. The Balaban J connectivity index is 1.57. The average Bonchev–Trinajstić information content (AvgIpc) is 3.39. The van der Waals surface area contributed by atoms with Gasteiger partial charge in [0.2, 0.25) is 5.91 Å². The van der Waals surface area contributed by atoms with Crippen LogP contribution in [0.4, 0.5) is 13.2 Å². The van der Waals surface area contributed by atoms with Crippen molar-refractivity contribution in [1.82, 2.24) is 14.4 Å². The molecule has 0 aliphatic carbocycles. The van der Waals surface area contributed by atoms with Crippen molar-refractivity contribution in [2.24, 2.45) is 0 Å². The predicted octanol–water partition coefficient (Wildman–Crippen LogP) is 6.41. The SMILES string of the molecule is C=CCN(CC(=O)N(Cc1ccccc1)Cc1cccn1Cc1ccccc1)C(=O)c1cccc(C(F)(F)F)c1. The van der Waals surface area contributed by atoms with Crippen LogP contribution in [0.1, 0.15) is 32.7 Å². The second-order valence-corrected chi connectivity index (χ2v) is 9.40. The molecular formula is C32H30F3N3O2. The average molecular weight is 546 g/mol. The molecule has 0 radical (unpaired) electrons. The summed E-state index contributed by atoms with van der Waals surface area (Å²) in [6.45, 7) is 4.57. The minimum absolute atomic E-state index is 0.00435. The van der Waals surface area contributed by atoms with Gasteiger partial charge in [-0.25, -0.2) is 0 Å². The maximum Gasteiger partial charge on any atom is 0.416 e. The first-order valence-electron chi connectivity index (χ1n) is 12.8. The molecule has 0 spiro atoms. The van der Waals surface area contributed by atoms with Crippen molar-refractivity contribution in [3.05, 3.63) is 144 Å². The number of carbonyl (C=O) groups is 2. The summed E-state index contributed by atoms with van der Waals surface area (Å²) in [6.07, 6.45) is -1.18. The summed E-state index contributed by atoms with van der Waals surface area (Å²) in [6, 6.07) is 27.5. The van der Waals surface area contributed by atoms with Crippen LogP contribution in [-0.4, -0.2) is 39.3 Å². The number of carbonyl (C=O) groups excluding carboxylic acids is 2. The van der Waals surface area contributed by atoms with Gasteiger partial charge in [-0.3, -0.25) is 9.59 Å². The molecule has 4 rings (SSSR count). The highest BCUT2D eigenvalue weighted by Crippen LogP contribution is 2.29. The maximum atomic E-state index is 13.7. The Morgan fingerprint density at radius 1 is 0.800 bits per heavy atom. The van der Waals surface area contributed by atoms with Gasteiger partial charge in [0, 0.05) is 37.1 Å². The molecule has 206 valence electrons. The van der Waals surface area contributed by atoms with E-state index in [0.717, 1.165) is 29.0 Å². The Morgan fingerprint density at radius 3 is 2.12 bits per heavy atom. The Kier molecular flexibility index (Phi) is 9.22. The number of amides is 2. The van der Waals surface area contributed by atoms with Crippen LogP contribution >= 0.6 is 0 Å². The summed E-state index contributed by atoms with van der Waals surface area (Å²) in [5.41, 5.74) is 1.87. The third-order valence-corrected chi connectivity index (χ3v) is 6.44. The van der Waals surface area contributed by atoms with E-state index in [1.165, 1.54) is 23.1 Å². The Hall–Kier alpha value is -4.59. The molecule has 0 bridgehead atoms. The molecule has 0 atom stereocenters. The molecule has 8 heteroatoms. The minimum Gasteiger partial charge on any atom is -0.345 e. The van der Waals surface area contributed by atoms with Crippen molar-refractivity contribution in [3.63, 3.8) is 0 Å². The van der Waals surface area contributed by atoms with E-state index in [9.17, 15) is 22.8 Å². The van der Waals surface area contributed by atoms with E-state index in [1.54, 1.807) is 4.90 Å². The van der Waals surface area contributed by atoms with E-state index < -0.39 is 17.6 Å². The van der Waals surface area contributed by atoms with E-state index in [4.69, 9.17) is 0 Å². The largest absolute Gasteiger partial charge is 0.416 e. The van der Waals surface area contributed by atoms with Gasteiger partial charge in [-0.2, -0.15) is 13.2 Å². The summed E-state index contributed by atoms with van der Waals surface area (Å²) >= 11 is 0. The number of hydrogen-bond donors (Lipinski definition) is 0. The number of halogens is 3. The fourth-order valence-electron chi connectivity index (χ4n) is 4.41. The lowest BCUT2D eigenvalue weighted by molar-refractivity contribution is -0.137. The lowest BCUT2D eigenvalue weighted by Crippen LogP contribution is -2.42. The highest BCUT2D eigenvalue weighted by Gasteiger charge is 2.31.